The van der Waals surface area contributed by atoms with Crippen molar-refractivity contribution in [1.29, 1.82) is 0 Å². The van der Waals surface area contributed by atoms with Crippen LogP contribution in [0.25, 0.3) is 10.9 Å². The van der Waals surface area contributed by atoms with E-state index in [4.69, 9.17) is 9.47 Å². The number of nitrogens with one attached hydrogen (secondary N) is 3. The molecule has 3 N–H and O–H groups in total. The highest BCUT2D eigenvalue weighted by atomic mass is 16.6. The molecule has 1 saturated heterocycles. The van der Waals surface area contributed by atoms with E-state index in [2.05, 4.69) is 26.6 Å². The van der Waals surface area contributed by atoms with Crippen LogP contribution < -0.4 is 20.1 Å². The molecule has 10 nitrogen and oxygen atoms in total. The molecule has 6 rings (SSSR count). The fourth-order valence-corrected chi connectivity index (χ4v) is 5.45. The molecule has 0 bridgehead atoms. The van der Waals surface area contributed by atoms with E-state index in [0.717, 1.165) is 53.0 Å². The molecule has 2 aliphatic rings. The summed E-state index contributed by atoms with van der Waals surface area (Å²) in [5.41, 5.74) is 3.89. The molecule has 4 aromatic rings. The number of hydrogen-bond donors (Lipinski definition) is 3. The summed E-state index contributed by atoms with van der Waals surface area (Å²) in [7, 11) is 0. The predicted octanol–water partition coefficient (Wildman–Crippen LogP) is 4.51. The molecule has 0 spiro atoms. The molecule has 206 valence electrons. The van der Waals surface area contributed by atoms with Gasteiger partial charge in [-0.05, 0) is 54.3 Å². The number of para-hydroxylation sites is 1. The lowest BCUT2D eigenvalue weighted by Gasteiger charge is -2.21. The fraction of sp³-hybridized carbons (Fsp3) is 0.300. The minimum absolute atomic E-state index is 0.0299. The van der Waals surface area contributed by atoms with Gasteiger partial charge < -0.3 is 25.1 Å². The van der Waals surface area contributed by atoms with E-state index in [1.165, 1.54) is 6.07 Å². The normalized spacial score (nSPS) is 16.6. The van der Waals surface area contributed by atoms with Gasteiger partial charge in [-0.2, -0.15) is 0 Å². The Morgan fingerprint density at radius 1 is 1.07 bits per heavy atom. The van der Waals surface area contributed by atoms with Gasteiger partial charge in [0.15, 0.2) is 11.5 Å². The van der Waals surface area contributed by atoms with Crippen molar-refractivity contribution in [3.05, 3.63) is 93.7 Å². The summed E-state index contributed by atoms with van der Waals surface area (Å²) < 4.78 is 11.3. The van der Waals surface area contributed by atoms with E-state index in [1.54, 1.807) is 12.1 Å². The van der Waals surface area contributed by atoms with Crippen molar-refractivity contribution in [2.24, 2.45) is 0 Å². The van der Waals surface area contributed by atoms with Crippen LogP contribution in [-0.4, -0.2) is 59.6 Å². The van der Waals surface area contributed by atoms with E-state index >= 15 is 0 Å². The number of H-pyrrole nitrogens is 1. The molecule has 3 heterocycles. The molecule has 1 fully saturated rings. The Morgan fingerprint density at radius 2 is 1.93 bits per heavy atom. The van der Waals surface area contributed by atoms with Crippen LogP contribution in [0.4, 0.5) is 11.4 Å². The van der Waals surface area contributed by atoms with Gasteiger partial charge in [0, 0.05) is 61.0 Å². The number of hydrogen-bond acceptors (Lipinski definition) is 7. The number of aromatic amines is 1. The lowest BCUT2D eigenvalue weighted by atomic mass is 10.1. The molecular formula is C30H31N5O5. The lowest BCUT2D eigenvalue weighted by molar-refractivity contribution is -0.384. The Morgan fingerprint density at radius 3 is 2.80 bits per heavy atom. The number of rotatable bonds is 9. The first kappa shape index (κ1) is 25.7. The molecular weight excluding hydrogens is 510 g/mol. The first-order chi connectivity index (χ1) is 19.5. The van der Waals surface area contributed by atoms with E-state index in [9.17, 15) is 14.9 Å². The molecule has 0 radical (unpaired) electrons. The summed E-state index contributed by atoms with van der Waals surface area (Å²) in [4.78, 5) is 29.9. The maximum absolute atomic E-state index is 13.0. The number of likely N-dealkylation sites (tertiary alicyclic amines) is 1. The number of nitrogens with zero attached hydrogens (tertiary/aromatic N) is 2. The van der Waals surface area contributed by atoms with Crippen LogP contribution in [0.1, 0.15) is 27.9 Å². The summed E-state index contributed by atoms with van der Waals surface area (Å²) in [6, 6.07) is 18.6. The third-order valence-corrected chi connectivity index (χ3v) is 7.46. The van der Waals surface area contributed by atoms with Gasteiger partial charge in [0.2, 0.25) is 0 Å². The minimum atomic E-state index is -0.449. The van der Waals surface area contributed by atoms with E-state index < -0.39 is 4.92 Å². The highest BCUT2D eigenvalue weighted by Crippen LogP contribution is 2.31. The molecule has 0 saturated carbocycles. The van der Waals surface area contributed by atoms with Crippen molar-refractivity contribution in [3.8, 4) is 11.5 Å². The van der Waals surface area contributed by atoms with Gasteiger partial charge in [-0.15, -0.1) is 0 Å². The van der Waals surface area contributed by atoms with E-state index in [0.29, 0.717) is 38.4 Å². The van der Waals surface area contributed by atoms with Gasteiger partial charge in [-0.25, -0.2) is 0 Å². The number of fused-ring (bicyclic) bond motifs is 2. The topological polar surface area (TPSA) is 122 Å². The number of benzene rings is 3. The minimum Gasteiger partial charge on any atom is -0.486 e. The fourth-order valence-electron chi connectivity index (χ4n) is 5.45. The number of aromatic nitrogens is 1. The maximum atomic E-state index is 13.0. The first-order valence-corrected chi connectivity index (χ1v) is 13.5. The molecule has 1 unspecified atom stereocenters. The van der Waals surface area contributed by atoms with Gasteiger partial charge in [-0.3, -0.25) is 19.8 Å². The molecule has 1 atom stereocenters. The number of ether oxygens (including phenoxy) is 2. The van der Waals surface area contributed by atoms with Gasteiger partial charge in [0.25, 0.3) is 11.6 Å². The molecule has 0 aliphatic carbocycles. The summed E-state index contributed by atoms with van der Waals surface area (Å²) in [5.74, 6) is 1.23. The Labute approximate surface area is 231 Å². The highest BCUT2D eigenvalue weighted by molar-refractivity contribution is 5.96. The number of nitro groups is 1. The number of carbonyl (C=O) groups is 1. The van der Waals surface area contributed by atoms with Crippen LogP contribution in [0.3, 0.4) is 0 Å². The van der Waals surface area contributed by atoms with E-state index in [1.807, 2.05) is 42.6 Å². The summed E-state index contributed by atoms with van der Waals surface area (Å²) in [6.07, 6.45) is 3.48. The number of nitro benzene ring substituents is 1. The molecule has 2 aliphatic heterocycles. The quantitative estimate of drug-likeness (QED) is 0.211. The Bertz CT molecular complexity index is 1550. The van der Waals surface area contributed by atoms with Crippen LogP contribution in [0, 0.1) is 10.1 Å². The predicted molar refractivity (Wildman–Crippen MR) is 152 cm³/mol. The standard InChI is InChI=1S/C30H31N5O5/c36-30(33-23-10-12-34(19-23)18-20-5-8-28-29(15-20)40-14-13-39-28)21-6-7-26(27(16-21)35(37)38)31-11-9-22-17-32-25-4-2-1-3-24(22)25/h1-8,15-17,23,31-32H,9-14,18-19H2,(H,33,36). The maximum Gasteiger partial charge on any atom is 0.293 e. The van der Waals surface area contributed by atoms with Crippen molar-refractivity contribution in [3.63, 3.8) is 0 Å². The lowest BCUT2D eigenvalue weighted by Crippen LogP contribution is -2.37. The SMILES string of the molecule is O=C(NC1CCN(Cc2ccc3c(c2)OCCO3)C1)c1ccc(NCCc2c[nH]c3ccccc23)c([N+](=O)[O-])c1. The number of amides is 1. The summed E-state index contributed by atoms with van der Waals surface area (Å²) in [6.45, 7) is 3.93. The summed E-state index contributed by atoms with van der Waals surface area (Å²) >= 11 is 0. The Balaban J connectivity index is 1.04. The third-order valence-electron chi connectivity index (χ3n) is 7.46. The van der Waals surface area contributed by atoms with Crippen LogP contribution in [0.15, 0.2) is 66.9 Å². The smallest absolute Gasteiger partial charge is 0.293 e. The zero-order valence-corrected chi connectivity index (χ0v) is 22.0. The zero-order chi connectivity index (χ0) is 27.5. The molecule has 1 aromatic heterocycles. The second kappa shape index (κ2) is 11.3. The Hall–Kier alpha value is -4.57. The van der Waals surface area contributed by atoms with Gasteiger partial charge in [-0.1, -0.05) is 24.3 Å². The molecule has 40 heavy (non-hydrogen) atoms. The first-order valence-electron chi connectivity index (χ1n) is 13.5. The average Bonchev–Trinajstić information content (AvgIpc) is 3.59. The van der Waals surface area contributed by atoms with Crippen molar-refractivity contribution in [2.45, 2.75) is 25.4 Å². The average molecular weight is 542 g/mol. The van der Waals surface area contributed by atoms with Gasteiger partial charge in [0.05, 0.1) is 4.92 Å². The van der Waals surface area contributed by atoms with Crippen LogP contribution in [0.2, 0.25) is 0 Å². The van der Waals surface area contributed by atoms with E-state index in [-0.39, 0.29) is 23.2 Å². The number of anilines is 1. The van der Waals surface area contributed by atoms with Crippen LogP contribution in [0.5, 0.6) is 11.5 Å². The van der Waals surface area contributed by atoms with Crippen molar-refractivity contribution < 1.29 is 19.2 Å². The number of carbonyl (C=O) groups excluding carboxylic acids is 1. The van der Waals surface area contributed by atoms with Crippen LogP contribution >= 0.6 is 0 Å². The molecule has 1 amide bonds. The second-order valence-corrected chi connectivity index (χ2v) is 10.2. The summed E-state index contributed by atoms with van der Waals surface area (Å²) in [5, 5.41) is 19.2. The second-order valence-electron chi connectivity index (χ2n) is 10.2. The third kappa shape index (κ3) is 5.57. The Kier molecular flexibility index (Phi) is 7.24. The van der Waals surface area contributed by atoms with Gasteiger partial charge >= 0.3 is 0 Å². The van der Waals surface area contributed by atoms with Crippen molar-refractivity contribution in [2.75, 3.05) is 38.2 Å². The van der Waals surface area contributed by atoms with Gasteiger partial charge in [0.1, 0.15) is 18.9 Å². The monoisotopic (exact) mass is 541 g/mol. The van der Waals surface area contributed by atoms with Crippen molar-refractivity contribution in [1.82, 2.24) is 15.2 Å². The zero-order valence-electron chi connectivity index (χ0n) is 22.0. The highest BCUT2D eigenvalue weighted by Gasteiger charge is 2.26. The van der Waals surface area contributed by atoms with Crippen LogP contribution in [-0.2, 0) is 13.0 Å². The molecule has 10 heteroatoms. The largest absolute Gasteiger partial charge is 0.486 e. The molecule has 3 aromatic carbocycles. The van der Waals surface area contributed by atoms with Crippen molar-refractivity contribution >= 4 is 28.2 Å².